The van der Waals surface area contributed by atoms with Crippen LogP contribution >= 0.6 is 0 Å². The zero-order valence-corrected chi connectivity index (χ0v) is 39.0. The van der Waals surface area contributed by atoms with E-state index >= 15 is 0 Å². The molecule has 60 heavy (non-hydrogen) atoms. The van der Waals surface area contributed by atoms with Crippen LogP contribution in [0.1, 0.15) is 107 Å². The van der Waals surface area contributed by atoms with E-state index in [4.69, 9.17) is 10.2 Å². The Kier molecular flexibility index (Phi) is 12.4. The van der Waals surface area contributed by atoms with E-state index in [2.05, 4.69) is 170 Å². The fourth-order valence-electron chi connectivity index (χ4n) is 8.68. The van der Waals surface area contributed by atoms with Gasteiger partial charge in [0.25, 0.3) is 0 Å². The zero-order valence-electron chi connectivity index (χ0n) is 35.9. The summed E-state index contributed by atoms with van der Waals surface area (Å²) in [6, 6.07) is 25.9. The first-order valence-corrected chi connectivity index (χ1v) is 20.6. The normalized spacial score (nSPS) is 16.9. The molecule has 0 aliphatic carbocycles. The average molecular weight is 927 g/mol. The quantitative estimate of drug-likeness (QED) is 0.208. The van der Waals surface area contributed by atoms with Crippen LogP contribution in [0.25, 0.3) is 12.2 Å². The molecule has 4 aromatic heterocycles. The molecule has 12 bridgehead atoms. The molecule has 0 radical (unpaired) electrons. The molecule has 8 nitrogen and oxygen atoms in total. The topological polar surface area (TPSA) is 95.2 Å². The monoisotopic (exact) mass is 924 g/mol. The van der Waals surface area contributed by atoms with Gasteiger partial charge < -0.3 is 43.9 Å². The second-order valence-corrected chi connectivity index (χ2v) is 16.6. The number of benzene rings is 2. The van der Waals surface area contributed by atoms with E-state index in [1.165, 1.54) is 89.9 Å². The van der Waals surface area contributed by atoms with Crippen LogP contribution in [0, 0.1) is 27.7 Å². The van der Waals surface area contributed by atoms with E-state index in [1.54, 1.807) is 0 Å². The lowest BCUT2D eigenvalue weighted by Gasteiger charge is -2.07. The smallest absolute Gasteiger partial charge is 0.209 e. The maximum absolute atomic E-state index is 5.26. The molecular formula is C50H54Br2N8. The summed E-state index contributed by atoms with van der Waals surface area (Å²) in [6.07, 6.45) is 7.57. The molecule has 0 saturated carbocycles. The molecule has 3 aliphatic rings. The zero-order chi connectivity index (χ0) is 40.2. The summed E-state index contributed by atoms with van der Waals surface area (Å²) in [4.78, 5) is 15.3. The van der Waals surface area contributed by atoms with Gasteiger partial charge in [-0.25, -0.2) is 9.98 Å². The minimum Gasteiger partial charge on any atom is -1.00 e. The molecule has 2 aromatic carbocycles. The Morgan fingerprint density at radius 3 is 1.27 bits per heavy atom. The van der Waals surface area contributed by atoms with Crippen molar-refractivity contribution < 1.29 is 43.9 Å². The van der Waals surface area contributed by atoms with Crippen molar-refractivity contribution in [2.45, 2.75) is 94.2 Å². The summed E-state index contributed by atoms with van der Waals surface area (Å²) in [6.45, 7) is 19.3. The van der Waals surface area contributed by atoms with Gasteiger partial charge in [0.1, 0.15) is 0 Å². The van der Waals surface area contributed by atoms with E-state index in [0.717, 1.165) is 72.9 Å². The van der Waals surface area contributed by atoms with E-state index < -0.39 is 0 Å². The number of aromatic nitrogens is 6. The van der Waals surface area contributed by atoms with Gasteiger partial charge >= 0.3 is 0 Å². The highest BCUT2D eigenvalue weighted by molar-refractivity contribution is 6.00. The third kappa shape index (κ3) is 8.24. The predicted octanol–water partition coefficient (Wildman–Crippen LogP) is 0.479. The van der Waals surface area contributed by atoms with Crippen LogP contribution in [0.2, 0.25) is 0 Å². The molecule has 7 heterocycles. The highest BCUT2D eigenvalue weighted by Gasteiger charge is 2.29. The number of nitrogens with zero attached hydrogens (tertiary/aromatic N) is 4. The van der Waals surface area contributed by atoms with Crippen molar-refractivity contribution in [3.8, 4) is 0 Å². The first kappa shape index (κ1) is 42.8. The molecule has 3 aliphatic heterocycles. The van der Waals surface area contributed by atoms with Gasteiger partial charge in [-0.2, -0.15) is 10.2 Å². The molecule has 9 rings (SSSR count). The lowest BCUT2D eigenvalue weighted by molar-refractivity contribution is -0.388. The highest BCUT2D eigenvalue weighted by atomic mass is 79.9. The SMILES string of the molecule is CC1=C(C)/C2=C/c3[nH]c(c(C)c3C)Cc3cc(n(Cc4ccccc4)n3)CC3=[NH+]/C(=C/c4[nH]c(c(C)c4C)Cc4cc(n(Cc5ccccc5)n4)CC1=[NH+]2)C(C)=C3C.[Br-].[Br-]. The van der Waals surface area contributed by atoms with Crippen LogP contribution in [-0.2, 0) is 38.8 Å². The Labute approximate surface area is 374 Å². The third-order valence-electron chi connectivity index (χ3n) is 13.0. The lowest BCUT2D eigenvalue weighted by atomic mass is 10.0. The van der Waals surface area contributed by atoms with Crippen LogP contribution in [0.4, 0.5) is 0 Å². The maximum Gasteiger partial charge on any atom is 0.209 e. The Bertz CT molecular complexity index is 2600. The molecule has 4 N–H and O–H groups in total. The van der Waals surface area contributed by atoms with Crippen molar-refractivity contribution >= 4 is 23.6 Å². The van der Waals surface area contributed by atoms with E-state index in [1.807, 2.05) is 0 Å². The first-order valence-electron chi connectivity index (χ1n) is 20.6. The van der Waals surface area contributed by atoms with E-state index in [9.17, 15) is 0 Å². The Morgan fingerprint density at radius 2 is 0.883 bits per heavy atom. The van der Waals surface area contributed by atoms with Gasteiger partial charge in [-0.1, -0.05) is 60.7 Å². The summed E-state index contributed by atoms with van der Waals surface area (Å²) in [5.74, 6) is 0. The highest BCUT2D eigenvalue weighted by Crippen LogP contribution is 2.28. The van der Waals surface area contributed by atoms with Gasteiger partial charge in [0.15, 0.2) is 11.4 Å². The van der Waals surface area contributed by atoms with Gasteiger partial charge in [-0.15, -0.1) is 0 Å². The predicted molar refractivity (Wildman–Crippen MR) is 234 cm³/mol. The first-order chi connectivity index (χ1) is 28.0. The number of rotatable bonds is 4. The average Bonchev–Trinajstić information content (AvgIpc) is 4.02. The molecular weight excluding hydrogens is 872 g/mol. The van der Waals surface area contributed by atoms with E-state index in [-0.39, 0.29) is 34.0 Å². The molecule has 0 atom stereocenters. The Balaban J connectivity index is 0.00000272. The maximum atomic E-state index is 5.26. The number of hydrogen-bond acceptors (Lipinski definition) is 2. The minimum atomic E-state index is 0. The van der Waals surface area contributed by atoms with Crippen LogP contribution < -0.4 is 43.9 Å². The molecule has 0 saturated heterocycles. The minimum absolute atomic E-state index is 0. The summed E-state index contributed by atoms with van der Waals surface area (Å²) >= 11 is 0. The van der Waals surface area contributed by atoms with Crippen LogP contribution in [0.15, 0.2) is 106 Å². The van der Waals surface area contributed by atoms with Crippen molar-refractivity contribution in [1.29, 1.82) is 0 Å². The lowest BCUT2D eigenvalue weighted by Crippen LogP contribution is -3.00. The molecule has 0 spiro atoms. The van der Waals surface area contributed by atoms with Crippen molar-refractivity contribution in [3.63, 3.8) is 0 Å². The third-order valence-corrected chi connectivity index (χ3v) is 13.0. The van der Waals surface area contributed by atoms with Gasteiger partial charge in [0, 0.05) is 81.4 Å². The Hall–Kier alpha value is -5.32. The number of fused-ring (bicyclic) bond motifs is 10. The van der Waals surface area contributed by atoms with Crippen LogP contribution in [0.3, 0.4) is 0 Å². The van der Waals surface area contributed by atoms with Gasteiger partial charge in [-0.3, -0.25) is 9.36 Å². The second kappa shape index (κ2) is 17.3. The van der Waals surface area contributed by atoms with Crippen LogP contribution in [0.5, 0.6) is 0 Å². The van der Waals surface area contributed by atoms with Gasteiger partial charge in [0.05, 0.1) is 37.3 Å². The number of nitrogens with one attached hydrogen (secondary N) is 4. The van der Waals surface area contributed by atoms with Crippen molar-refractivity contribution in [2.24, 2.45) is 0 Å². The molecule has 10 heteroatoms. The number of halogens is 2. The fourth-order valence-corrected chi connectivity index (χ4v) is 8.68. The van der Waals surface area contributed by atoms with E-state index in [0.29, 0.717) is 0 Å². The second-order valence-electron chi connectivity index (χ2n) is 16.6. The molecule has 308 valence electrons. The van der Waals surface area contributed by atoms with Gasteiger partial charge in [0.2, 0.25) is 11.4 Å². The molecule has 6 aromatic rings. The fraction of sp³-hybridized carbons (Fsp3) is 0.280. The van der Waals surface area contributed by atoms with Crippen molar-refractivity contribution in [3.05, 3.63) is 185 Å². The summed E-state index contributed by atoms with van der Waals surface area (Å²) in [5.41, 5.74) is 26.6. The molecule has 0 fully saturated rings. The number of allylic oxidation sites excluding steroid dienone is 4. The standard InChI is InChI=1S/C50H52N8.2BrH/c1-29-33(5)47-25-49-35(7)31(3)45(53-49)24-42-20-40(56-58(42)28-38-17-13-10-14-18-38)22-44-30(2)34(6)48(52-44)26-50-36(8)32(4)46(54-50)23-41-19-39(21-43(29)51-47)55-57(41)27-37-15-11-9-12-16-37;;/h9-20,25-26,51-52H,21-24,27-28H2,1-8H3;2*1H/b49-25-,50-26+;;. The van der Waals surface area contributed by atoms with Crippen molar-refractivity contribution in [2.75, 3.05) is 0 Å². The Morgan fingerprint density at radius 1 is 0.500 bits per heavy atom. The number of hydrogen-bond donors (Lipinski definition) is 4. The molecule has 0 unspecified atom stereocenters. The van der Waals surface area contributed by atoms with Crippen molar-refractivity contribution in [1.82, 2.24) is 29.5 Å². The number of H-pyrrole nitrogens is 2. The summed E-state index contributed by atoms with van der Waals surface area (Å²) < 4.78 is 4.40. The number of aromatic amines is 2. The largest absolute Gasteiger partial charge is 1.00 e. The van der Waals surface area contributed by atoms with Gasteiger partial charge in [-0.05, 0) is 101 Å². The van der Waals surface area contributed by atoms with Crippen LogP contribution in [-0.4, -0.2) is 41.0 Å². The summed E-state index contributed by atoms with van der Waals surface area (Å²) in [7, 11) is 0. The summed E-state index contributed by atoms with van der Waals surface area (Å²) in [5, 5.41) is 10.5. The molecule has 0 amide bonds.